The number of pyridine rings is 1. The largest absolute Gasteiger partial charge is 0.337 e. The molecule has 0 atom stereocenters. The highest BCUT2D eigenvalue weighted by Gasteiger charge is 2.38. The van der Waals surface area contributed by atoms with Gasteiger partial charge in [0.1, 0.15) is 24.2 Å². The molecule has 0 unspecified atom stereocenters. The number of para-hydroxylation sites is 2. The van der Waals surface area contributed by atoms with Gasteiger partial charge in [0.05, 0.1) is 45.2 Å². The molecule has 3 aromatic heterocycles. The van der Waals surface area contributed by atoms with Gasteiger partial charge < -0.3 is 4.90 Å². The number of fused-ring (bicyclic) bond motifs is 2. The van der Waals surface area contributed by atoms with Crippen LogP contribution in [-0.2, 0) is 26.6 Å². The first kappa shape index (κ1) is 34.3. The number of allylic oxidation sites excluding steroid dienone is 1. The Hall–Kier alpha value is -4.54. The summed E-state index contributed by atoms with van der Waals surface area (Å²) in [6.07, 6.45) is 2.06. The van der Waals surface area contributed by atoms with E-state index in [0.29, 0.717) is 22.9 Å². The van der Waals surface area contributed by atoms with E-state index in [4.69, 9.17) is 4.98 Å². The second-order valence-corrected chi connectivity index (χ2v) is 18.0. The molecule has 0 spiro atoms. The highest BCUT2D eigenvalue weighted by Crippen LogP contribution is 2.40. The summed E-state index contributed by atoms with van der Waals surface area (Å²) in [5.41, 5.74) is 2.06. The first-order valence-corrected chi connectivity index (χ1v) is 20.2. The lowest BCUT2D eigenvalue weighted by Crippen LogP contribution is -2.41. The molecule has 0 bridgehead atoms. The maximum Gasteiger partial charge on any atom is 0.239 e. The third-order valence-electron chi connectivity index (χ3n) is 7.43. The number of aromatic nitrogens is 3. The normalized spacial score (nSPS) is 14.5. The Balaban J connectivity index is 1.49. The van der Waals surface area contributed by atoms with Crippen molar-refractivity contribution in [3.63, 3.8) is 0 Å². The molecule has 14 nitrogen and oxygen atoms in total. The van der Waals surface area contributed by atoms with Crippen LogP contribution >= 0.6 is 22.7 Å². The van der Waals surface area contributed by atoms with Crippen molar-refractivity contribution in [2.45, 2.75) is 39.8 Å². The van der Waals surface area contributed by atoms with Gasteiger partial charge in [0.25, 0.3) is 0 Å². The van der Waals surface area contributed by atoms with E-state index < -0.39 is 25.6 Å². The van der Waals surface area contributed by atoms with Crippen molar-refractivity contribution in [2.24, 2.45) is 10.2 Å². The van der Waals surface area contributed by atoms with E-state index in [1.165, 1.54) is 28.7 Å². The second kappa shape index (κ2) is 12.7. The van der Waals surface area contributed by atoms with Crippen LogP contribution in [0.1, 0.15) is 32.0 Å². The van der Waals surface area contributed by atoms with Gasteiger partial charge in [-0.3, -0.25) is 4.90 Å². The molecule has 1 aliphatic rings. The Morgan fingerprint density at radius 1 is 0.959 bits per heavy atom. The van der Waals surface area contributed by atoms with Crippen LogP contribution in [0.15, 0.2) is 76.3 Å². The highest BCUT2D eigenvalue weighted by molar-refractivity contribution is 7.92. The van der Waals surface area contributed by atoms with Crippen molar-refractivity contribution in [2.75, 3.05) is 28.4 Å². The van der Waals surface area contributed by atoms with E-state index in [9.17, 15) is 22.1 Å². The lowest BCUT2D eigenvalue weighted by Gasteiger charge is -2.33. The molecule has 1 N–H and O–H groups in total. The molecule has 0 aliphatic carbocycles. The van der Waals surface area contributed by atoms with E-state index in [1.807, 2.05) is 73.0 Å². The van der Waals surface area contributed by atoms with Gasteiger partial charge in [0.15, 0.2) is 16.6 Å². The van der Waals surface area contributed by atoms with Gasteiger partial charge in [-0.2, -0.15) is 9.57 Å². The van der Waals surface area contributed by atoms with Gasteiger partial charge >= 0.3 is 0 Å². The minimum absolute atomic E-state index is 0.0103. The molecule has 6 rings (SSSR count). The molecule has 2 aromatic carbocycles. The minimum Gasteiger partial charge on any atom is -0.337 e. The van der Waals surface area contributed by atoms with Crippen molar-refractivity contribution >= 4 is 84.9 Å². The van der Waals surface area contributed by atoms with Gasteiger partial charge in [0.2, 0.25) is 25.2 Å². The second-order valence-electron chi connectivity index (χ2n) is 12.3. The quantitative estimate of drug-likeness (QED) is 0.174. The molecule has 49 heavy (non-hydrogen) atoms. The molecule has 0 amide bonds. The molecule has 1 aliphatic heterocycles. The zero-order valence-electron chi connectivity index (χ0n) is 27.4. The average molecular weight is 737 g/mol. The smallest absolute Gasteiger partial charge is 0.239 e. The number of benzene rings is 2. The molecular formula is C31H32N10O4S4. The van der Waals surface area contributed by atoms with Gasteiger partial charge in [-0.05, 0) is 63.6 Å². The number of nitrogens with one attached hydrogen (secondary N) is 1. The lowest BCUT2D eigenvalue weighted by molar-refractivity contribution is 0.211. The number of sulfonamides is 2. The van der Waals surface area contributed by atoms with Gasteiger partial charge in [-0.25, -0.2) is 36.5 Å². The number of nitrogens with zero attached hydrogens (tertiary/aromatic N) is 9. The number of hydrogen-bond acceptors (Lipinski definition) is 14. The predicted molar refractivity (Wildman–Crippen MR) is 193 cm³/mol. The number of rotatable bonds is 9. The summed E-state index contributed by atoms with van der Waals surface area (Å²) in [6.45, 7) is 7.65. The molecule has 0 radical (unpaired) electrons. The fourth-order valence-corrected chi connectivity index (χ4v) is 8.66. The number of aryl methyl sites for hydroxylation is 1. The Kier molecular flexibility index (Phi) is 8.92. The molecule has 0 saturated heterocycles. The van der Waals surface area contributed by atoms with E-state index in [1.54, 1.807) is 13.0 Å². The summed E-state index contributed by atoms with van der Waals surface area (Å²) in [5, 5.41) is 20.3. The highest BCUT2D eigenvalue weighted by atomic mass is 32.2. The third kappa shape index (κ3) is 7.12. The van der Waals surface area contributed by atoms with Gasteiger partial charge in [0, 0.05) is 5.54 Å². The fourth-order valence-electron chi connectivity index (χ4n) is 5.14. The van der Waals surface area contributed by atoms with Crippen LogP contribution in [0, 0.1) is 18.3 Å². The summed E-state index contributed by atoms with van der Waals surface area (Å²) in [6, 6.07) is 18.8. The molecule has 4 heterocycles. The molecular weight excluding hydrogens is 705 g/mol. The summed E-state index contributed by atoms with van der Waals surface area (Å²) in [5.74, 6) is 0.269. The molecule has 5 aromatic rings. The van der Waals surface area contributed by atoms with E-state index >= 15 is 0 Å². The van der Waals surface area contributed by atoms with E-state index in [0.717, 1.165) is 31.7 Å². The zero-order valence-corrected chi connectivity index (χ0v) is 30.7. The lowest BCUT2D eigenvalue weighted by atomic mass is 10.1. The third-order valence-corrected chi connectivity index (χ3v) is 11.3. The van der Waals surface area contributed by atoms with Crippen LogP contribution in [0.5, 0.6) is 0 Å². The number of anilines is 3. The molecule has 254 valence electrons. The van der Waals surface area contributed by atoms with E-state index in [2.05, 4.69) is 31.0 Å². The first-order valence-electron chi connectivity index (χ1n) is 14.8. The fraction of sp³-hybridized carbons (Fsp3) is 0.290. The number of thiazole rings is 2. The van der Waals surface area contributed by atoms with Crippen molar-refractivity contribution < 1.29 is 16.8 Å². The van der Waals surface area contributed by atoms with E-state index in [-0.39, 0.29) is 40.4 Å². The van der Waals surface area contributed by atoms with Crippen molar-refractivity contribution in [3.8, 4) is 6.07 Å². The Bertz CT molecular complexity index is 2360. The Morgan fingerprint density at radius 2 is 1.59 bits per heavy atom. The summed E-state index contributed by atoms with van der Waals surface area (Å²) in [4.78, 5) is 17.7. The van der Waals surface area contributed by atoms with Crippen molar-refractivity contribution in [3.05, 3.63) is 77.4 Å². The van der Waals surface area contributed by atoms with Gasteiger partial charge in [-0.15, -0.1) is 10.2 Å². The Morgan fingerprint density at radius 3 is 2.16 bits per heavy atom. The van der Waals surface area contributed by atoms with Crippen LogP contribution < -0.4 is 13.9 Å². The number of hydrogen-bond donors (Lipinski definition) is 1. The summed E-state index contributed by atoms with van der Waals surface area (Å²) >= 11 is 2.64. The van der Waals surface area contributed by atoms with Crippen LogP contribution in [0.2, 0.25) is 0 Å². The zero-order chi connectivity index (χ0) is 35.3. The molecule has 0 saturated carbocycles. The number of azo groups is 1. The SMILES string of the molecule is Cc1cc(N(c2nc3ccccc3s2)S(C)(=O)=O)nc(CNS(C)(=O)=O)c1N=NC1=C(C#N)N(C(C)(C)C)CN1c1nc2ccccc2s1. The monoisotopic (exact) mass is 736 g/mol. The minimum atomic E-state index is -3.95. The maximum atomic E-state index is 13.2. The topological polar surface area (TPSA) is 177 Å². The Labute approximate surface area is 292 Å². The van der Waals surface area contributed by atoms with Crippen LogP contribution in [-0.4, -0.2) is 61.4 Å². The standard InChI is InChI=1S/C31H32N10O4S4/c1-19-15-26(41(49(6,44)45)30-36-21-12-8-10-14-25(21)47-30)34-22(17-33-48(5,42)43)27(19)37-38-28-23(16-32)40(31(2,3)4)18-39(28)29-35-20-11-7-9-13-24(20)46-29/h7-15,33H,17-18H2,1-6H3. The van der Waals surface area contributed by atoms with Crippen LogP contribution in [0.4, 0.5) is 21.8 Å². The van der Waals surface area contributed by atoms with Gasteiger partial charge in [-0.1, -0.05) is 46.9 Å². The molecule has 0 fully saturated rings. The van der Waals surface area contributed by atoms with Crippen LogP contribution in [0.25, 0.3) is 20.4 Å². The maximum absolute atomic E-state index is 13.2. The van der Waals surface area contributed by atoms with Crippen molar-refractivity contribution in [1.29, 1.82) is 5.26 Å². The summed E-state index contributed by atoms with van der Waals surface area (Å²) in [7, 11) is -7.64. The predicted octanol–water partition coefficient (Wildman–Crippen LogP) is 6.11. The summed E-state index contributed by atoms with van der Waals surface area (Å²) < 4.78 is 56.0. The first-order chi connectivity index (χ1) is 23.0. The van der Waals surface area contributed by atoms with Crippen molar-refractivity contribution in [1.82, 2.24) is 24.6 Å². The molecule has 18 heteroatoms. The van der Waals surface area contributed by atoms with Crippen LogP contribution in [0.3, 0.4) is 0 Å². The number of nitriles is 1. The average Bonchev–Trinajstić information content (AvgIpc) is 3.72.